The number of carbonyl (C=O) groups excluding carboxylic acids is 1. The highest BCUT2D eigenvalue weighted by atomic mass is 32.2. The van der Waals surface area contributed by atoms with Crippen LogP contribution in [0.1, 0.15) is 27.8 Å². The molecular formula is C30H27N3O2S2. The van der Waals surface area contributed by atoms with Gasteiger partial charge in [-0.05, 0) is 67.8 Å². The van der Waals surface area contributed by atoms with Crippen LogP contribution in [-0.4, -0.2) is 32.0 Å². The summed E-state index contributed by atoms with van der Waals surface area (Å²) in [5, 5.41) is 4.98. The largest absolute Gasteiger partial charge is 0.497 e. The van der Waals surface area contributed by atoms with E-state index in [1.165, 1.54) is 17.3 Å². The van der Waals surface area contributed by atoms with Gasteiger partial charge >= 0.3 is 0 Å². The molecule has 0 bridgehead atoms. The molecular weight excluding hydrogens is 498 g/mol. The number of benzene rings is 3. The van der Waals surface area contributed by atoms with Crippen molar-refractivity contribution in [3.63, 3.8) is 0 Å². The molecule has 3 aromatic carbocycles. The fourth-order valence-electron chi connectivity index (χ4n) is 4.64. The van der Waals surface area contributed by atoms with Crippen molar-refractivity contribution < 1.29 is 9.53 Å². The van der Waals surface area contributed by atoms with E-state index in [4.69, 9.17) is 22.1 Å². The van der Waals surface area contributed by atoms with Crippen LogP contribution in [0.5, 0.6) is 5.75 Å². The Morgan fingerprint density at radius 3 is 2.32 bits per heavy atom. The first-order valence-electron chi connectivity index (χ1n) is 12.0. The van der Waals surface area contributed by atoms with E-state index in [1.807, 2.05) is 71.6 Å². The third-order valence-electron chi connectivity index (χ3n) is 6.34. The van der Waals surface area contributed by atoms with Crippen LogP contribution >= 0.6 is 24.0 Å². The topological polar surface area (TPSA) is 47.4 Å². The van der Waals surface area contributed by atoms with Gasteiger partial charge in [0.15, 0.2) is 0 Å². The maximum atomic E-state index is 13.4. The van der Waals surface area contributed by atoms with Crippen LogP contribution in [0.3, 0.4) is 0 Å². The van der Waals surface area contributed by atoms with E-state index in [-0.39, 0.29) is 5.91 Å². The van der Waals surface area contributed by atoms with Crippen molar-refractivity contribution in [3.05, 3.63) is 106 Å². The molecule has 4 aromatic rings. The molecule has 1 fully saturated rings. The number of ether oxygens (including phenoxy) is 1. The average molecular weight is 526 g/mol. The summed E-state index contributed by atoms with van der Waals surface area (Å²) in [4.78, 5) is 15.7. The Hall–Kier alpha value is -3.68. The van der Waals surface area contributed by atoms with Crippen LogP contribution in [0.2, 0.25) is 0 Å². The molecule has 1 aromatic heterocycles. The van der Waals surface area contributed by atoms with Gasteiger partial charge in [0.2, 0.25) is 0 Å². The third kappa shape index (κ3) is 5.10. The third-order valence-corrected chi connectivity index (χ3v) is 7.71. The number of hydrogen-bond acceptors (Lipinski definition) is 5. The first kappa shape index (κ1) is 25.0. The van der Waals surface area contributed by atoms with Gasteiger partial charge in [0.25, 0.3) is 5.91 Å². The Morgan fingerprint density at radius 2 is 1.68 bits per heavy atom. The lowest BCUT2D eigenvalue weighted by atomic mass is 9.95. The number of rotatable bonds is 6. The Labute approximate surface area is 226 Å². The van der Waals surface area contributed by atoms with Gasteiger partial charge in [-0.25, -0.2) is 4.68 Å². The predicted octanol–water partition coefficient (Wildman–Crippen LogP) is 6.87. The summed E-state index contributed by atoms with van der Waals surface area (Å²) in [6.07, 6.45) is 3.91. The maximum absolute atomic E-state index is 13.4. The van der Waals surface area contributed by atoms with Crippen LogP contribution in [0.15, 0.2) is 77.8 Å². The van der Waals surface area contributed by atoms with Gasteiger partial charge in [-0.2, -0.15) is 5.10 Å². The summed E-state index contributed by atoms with van der Waals surface area (Å²) in [6, 6.07) is 22.0. The number of aromatic nitrogens is 2. The maximum Gasteiger partial charge on any atom is 0.266 e. The first-order valence-corrected chi connectivity index (χ1v) is 13.2. The summed E-state index contributed by atoms with van der Waals surface area (Å²) < 4.78 is 7.66. The molecule has 0 atom stereocenters. The van der Waals surface area contributed by atoms with E-state index < -0.39 is 0 Å². The smallest absolute Gasteiger partial charge is 0.266 e. The number of nitrogens with zero attached hydrogens (tertiary/aromatic N) is 3. The molecule has 5 rings (SSSR count). The quantitative estimate of drug-likeness (QED) is 0.203. The summed E-state index contributed by atoms with van der Waals surface area (Å²) in [6.45, 7) is 6.73. The van der Waals surface area contributed by atoms with Crippen LogP contribution in [-0.2, 0) is 11.3 Å². The molecule has 7 heteroatoms. The summed E-state index contributed by atoms with van der Waals surface area (Å²) in [5.74, 6) is 0.681. The van der Waals surface area contributed by atoms with Crippen molar-refractivity contribution in [2.45, 2.75) is 27.3 Å². The number of thioether (sulfide) groups is 1. The fraction of sp³-hybridized carbons (Fsp3) is 0.167. The van der Waals surface area contributed by atoms with E-state index in [2.05, 4.69) is 32.9 Å². The molecule has 0 spiro atoms. The minimum Gasteiger partial charge on any atom is -0.497 e. The van der Waals surface area contributed by atoms with E-state index in [0.29, 0.717) is 15.8 Å². The number of methoxy groups -OCH3 is 1. The van der Waals surface area contributed by atoms with Crippen molar-refractivity contribution in [1.82, 2.24) is 14.7 Å². The van der Waals surface area contributed by atoms with E-state index in [1.54, 1.807) is 12.0 Å². The fourth-order valence-corrected chi connectivity index (χ4v) is 5.89. The van der Waals surface area contributed by atoms with Gasteiger partial charge in [0.05, 0.1) is 24.2 Å². The van der Waals surface area contributed by atoms with E-state index >= 15 is 0 Å². The zero-order valence-corrected chi connectivity index (χ0v) is 22.8. The predicted molar refractivity (Wildman–Crippen MR) is 155 cm³/mol. The SMILES string of the molecule is COc1ccc(CN2C(=O)/C(=C\c3cn(-c4ccccc4)nc3-c3c(C)cc(C)cc3C)SC2=S)cc1. The second-order valence-electron chi connectivity index (χ2n) is 9.10. The standard InChI is InChI=1S/C30H27N3O2S2/c1-19-14-20(2)27(21(3)15-19)28-23(18-33(31-28)24-8-6-5-7-9-24)16-26-29(34)32(30(36)37-26)17-22-10-12-25(35-4)13-11-22/h5-16,18H,17H2,1-4H3/b26-16+. The number of carbonyl (C=O) groups is 1. The van der Waals surface area contributed by atoms with E-state index in [9.17, 15) is 4.79 Å². The number of hydrogen-bond donors (Lipinski definition) is 0. The first-order chi connectivity index (χ1) is 17.8. The van der Waals surface area contributed by atoms with Crippen LogP contribution in [0, 0.1) is 20.8 Å². The van der Waals surface area contributed by atoms with Crippen molar-refractivity contribution in [3.8, 4) is 22.7 Å². The molecule has 5 nitrogen and oxygen atoms in total. The molecule has 1 aliphatic heterocycles. The Balaban J connectivity index is 1.54. The van der Waals surface area contributed by atoms with E-state index in [0.717, 1.165) is 44.9 Å². The normalized spacial score (nSPS) is 14.6. The summed E-state index contributed by atoms with van der Waals surface area (Å²) in [5.41, 5.74) is 8.26. The van der Waals surface area contributed by atoms with Crippen molar-refractivity contribution >= 4 is 40.3 Å². The Bertz CT molecular complexity index is 1500. The van der Waals surface area contributed by atoms with Crippen LogP contribution in [0.25, 0.3) is 23.0 Å². The summed E-state index contributed by atoms with van der Waals surface area (Å²) in [7, 11) is 1.63. The minimum atomic E-state index is -0.0958. The second kappa shape index (κ2) is 10.4. The van der Waals surface area contributed by atoms with Gasteiger partial charge in [-0.15, -0.1) is 0 Å². The van der Waals surface area contributed by atoms with Crippen molar-refractivity contribution in [2.24, 2.45) is 0 Å². The summed E-state index contributed by atoms with van der Waals surface area (Å²) >= 11 is 6.93. The lowest BCUT2D eigenvalue weighted by molar-refractivity contribution is -0.122. The van der Waals surface area contributed by atoms with Gasteiger partial charge in [0.1, 0.15) is 15.8 Å². The van der Waals surface area contributed by atoms with Gasteiger partial charge < -0.3 is 4.74 Å². The lowest BCUT2D eigenvalue weighted by Crippen LogP contribution is -2.27. The number of para-hydroxylation sites is 1. The zero-order chi connectivity index (χ0) is 26.1. The van der Waals surface area contributed by atoms with Crippen LogP contribution < -0.4 is 4.74 Å². The Kier molecular flexibility index (Phi) is 7.00. The highest BCUT2D eigenvalue weighted by Gasteiger charge is 2.32. The Morgan fingerprint density at radius 1 is 1.00 bits per heavy atom. The molecule has 1 saturated heterocycles. The van der Waals surface area contributed by atoms with Crippen LogP contribution in [0.4, 0.5) is 0 Å². The molecule has 0 radical (unpaired) electrons. The molecule has 0 unspecified atom stereocenters. The van der Waals surface area contributed by atoms with Crippen molar-refractivity contribution in [1.29, 1.82) is 0 Å². The monoisotopic (exact) mass is 525 g/mol. The molecule has 186 valence electrons. The highest BCUT2D eigenvalue weighted by Crippen LogP contribution is 2.37. The zero-order valence-electron chi connectivity index (χ0n) is 21.2. The second-order valence-corrected chi connectivity index (χ2v) is 10.8. The lowest BCUT2D eigenvalue weighted by Gasteiger charge is -2.14. The van der Waals surface area contributed by atoms with Gasteiger partial charge in [0, 0.05) is 17.3 Å². The van der Waals surface area contributed by atoms with Gasteiger partial charge in [-0.1, -0.05) is 72.0 Å². The molecule has 2 heterocycles. The number of thiocarbonyl (C=S) groups is 1. The average Bonchev–Trinajstić information content (AvgIpc) is 3.40. The molecule has 37 heavy (non-hydrogen) atoms. The highest BCUT2D eigenvalue weighted by molar-refractivity contribution is 8.26. The minimum absolute atomic E-state index is 0.0958. The molecule has 0 aliphatic carbocycles. The molecule has 1 aliphatic rings. The van der Waals surface area contributed by atoms with Gasteiger partial charge in [-0.3, -0.25) is 9.69 Å². The van der Waals surface area contributed by atoms with Crippen molar-refractivity contribution in [2.75, 3.05) is 7.11 Å². The molecule has 1 amide bonds. The number of aryl methyl sites for hydroxylation is 3. The number of amides is 1. The molecule has 0 saturated carbocycles. The molecule has 0 N–H and O–H groups in total.